The van der Waals surface area contributed by atoms with Crippen LogP contribution in [-0.2, 0) is 9.05 Å². The van der Waals surface area contributed by atoms with Gasteiger partial charge in [-0.3, -0.25) is 4.79 Å². The molecule has 21 heavy (non-hydrogen) atoms. The first-order valence-electron chi connectivity index (χ1n) is 5.98. The van der Waals surface area contributed by atoms with Gasteiger partial charge < -0.3 is 4.90 Å². The number of nitrogens with zero attached hydrogens (tertiary/aromatic N) is 1. The minimum Gasteiger partial charge on any atom is -0.342 e. The summed E-state index contributed by atoms with van der Waals surface area (Å²) in [6.07, 6.45) is 1.52. The molecule has 1 aromatic carbocycles. The highest BCUT2D eigenvalue weighted by molar-refractivity contribution is 8.13. The van der Waals surface area contributed by atoms with Crippen LogP contribution in [0.1, 0.15) is 30.1 Å². The summed E-state index contributed by atoms with van der Waals surface area (Å²) in [5, 5.41) is -0.725. The summed E-state index contributed by atoms with van der Waals surface area (Å²) in [6, 6.07) is 0.564. The van der Waals surface area contributed by atoms with Crippen LogP contribution in [0.4, 0.5) is 8.78 Å². The van der Waals surface area contributed by atoms with Crippen molar-refractivity contribution in [3.8, 4) is 0 Å². The molecule has 0 radical (unpaired) electrons. The van der Waals surface area contributed by atoms with Gasteiger partial charge in [-0.2, -0.15) is 0 Å². The van der Waals surface area contributed by atoms with Crippen molar-refractivity contribution in [1.82, 2.24) is 4.90 Å². The van der Waals surface area contributed by atoms with Crippen LogP contribution in [0.25, 0.3) is 0 Å². The lowest BCUT2D eigenvalue weighted by atomic mass is 10.1. The lowest BCUT2D eigenvalue weighted by molar-refractivity contribution is 0.0792. The second-order valence-electron chi connectivity index (χ2n) is 4.38. The number of carbonyl (C=O) groups is 1. The number of carbonyl (C=O) groups excluding carboxylic acids is 1. The van der Waals surface area contributed by atoms with Gasteiger partial charge in [0.25, 0.3) is 15.0 Å². The Hall–Kier alpha value is -0.920. The minimum absolute atomic E-state index is 0.369. The zero-order chi connectivity index (χ0) is 16.4. The molecule has 0 aliphatic rings. The average Bonchev–Trinajstić information content (AvgIpc) is 2.38. The van der Waals surface area contributed by atoms with Crippen LogP contribution in [0.5, 0.6) is 0 Å². The number of hydrogen-bond acceptors (Lipinski definition) is 3. The first-order valence-corrected chi connectivity index (χ1v) is 8.67. The molecule has 0 heterocycles. The second kappa shape index (κ2) is 6.89. The SMILES string of the molecule is CCCCN(C)C(=O)c1cc(F)c(F)c(S(=O)(=O)Cl)c1Cl. The van der Waals surface area contributed by atoms with Gasteiger partial charge in [-0.25, -0.2) is 17.2 Å². The van der Waals surface area contributed by atoms with Crippen LogP contribution in [0, 0.1) is 11.6 Å². The van der Waals surface area contributed by atoms with E-state index in [1.54, 1.807) is 0 Å². The molecule has 1 amide bonds. The Kier molecular flexibility index (Phi) is 5.95. The third-order valence-electron chi connectivity index (χ3n) is 2.78. The molecule has 1 aromatic rings. The summed E-state index contributed by atoms with van der Waals surface area (Å²) >= 11 is 5.73. The highest BCUT2D eigenvalue weighted by Crippen LogP contribution is 2.33. The molecule has 0 bridgehead atoms. The Morgan fingerprint density at radius 2 is 1.95 bits per heavy atom. The van der Waals surface area contributed by atoms with Crippen LogP contribution in [-0.4, -0.2) is 32.8 Å². The lowest BCUT2D eigenvalue weighted by Crippen LogP contribution is -2.28. The van der Waals surface area contributed by atoms with Crippen molar-refractivity contribution in [1.29, 1.82) is 0 Å². The van der Waals surface area contributed by atoms with Gasteiger partial charge in [0.05, 0.1) is 10.6 Å². The van der Waals surface area contributed by atoms with Gasteiger partial charge in [-0.15, -0.1) is 0 Å². The fourth-order valence-corrected chi connectivity index (χ4v) is 3.36. The van der Waals surface area contributed by atoms with E-state index in [9.17, 15) is 22.0 Å². The summed E-state index contributed by atoms with van der Waals surface area (Å²) < 4.78 is 49.6. The van der Waals surface area contributed by atoms with Gasteiger partial charge in [0.15, 0.2) is 11.6 Å². The molecule has 0 saturated heterocycles. The number of amides is 1. The van der Waals surface area contributed by atoms with Crippen LogP contribution < -0.4 is 0 Å². The monoisotopic (exact) mass is 359 g/mol. The fraction of sp³-hybridized carbons (Fsp3) is 0.417. The largest absolute Gasteiger partial charge is 0.342 e. The Morgan fingerprint density at radius 3 is 2.43 bits per heavy atom. The molecule has 0 aliphatic heterocycles. The molecule has 9 heteroatoms. The normalized spacial score (nSPS) is 11.5. The first-order chi connectivity index (χ1) is 9.61. The fourth-order valence-electron chi connectivity index (χ4n) is 1.65. The summed E-state index contributed by atoms with van der Waals surface area (Å²) in [5.74, 6) is -3.93. The molecule has 0 aliphatic carbocycles. The highest BCUT2D eigenvalue weighted by atomic mass is 35.7. The number of halogens is 4. The maximum absolute atomic E-state index is 13.6. The summed E-state index contributed by atoms with van der Waals surface area (Å²) in [7, 11) is 1.86. The van der Waals surface area contributed by atoms with Crippen molar-refractivity contribution in [2.24, 2.45) is 0 Å². The quantitative estimate of drug-likeness (QED) is 0.597. The van der Waals surface area contributed by atoms with Gasteiger partial charge in [0, 0.05) is 24.3 Å². The molecule has 0 aromatic heterocycles. The Balaban J connectivity index is 3.39. The summed E-state index contributed by atoms with van der Waals surface area (Å²) in [5.41, 5.74) is -0.451. The van der Waals surface area contributed by atoms with Crippen molar-refractivity contribution in [2.75, 3.05) is 13.6 Å². The molecule has 118 valence electrons. The zero-order valence-corrected chi connectivity index (χ0v) is 13.6. The first kappa shape index (κ1) is 18.1. The van der Waals surface area contributed by atoms with E-state index < -0.39 is 42.1 Å². The van der Waals surface area contributed by atoms with Gasteiger partial charge in [0.2, 0.25) is 0 Å². The van der Waals surface area contributed by atoms with E-state index in [0.29, 0.717) is 19.0 Å². The van der Waals surface area contributed by atoms with Crippen LogP contribution in [0.2, 0.25) is 5.02 Å². The lowest BCUT2D eigenvalue weighted by Gasteiger charge is -2.18. The number of unbranched alkanes of at least 4 members (excludes halogenated alkanes) is 1. The summed E-state index contributed by atoms with van der Waals surface area (Å²) in [4.78, 5) is 12.1. The highest BCUT2D eigenvalue weighted by Gasteiger charge is 2.29. The van der Waals surface area contributed by atoms with E-state index >= 15 is 0 Å². The number of rotatable bonds is 5. The van der Waals surface area contributed by atoms with Gasteiger partial charge in [0.1, 0.15) is 4.90 Å². The van der Waals surface area contributed by atoms with E-state index in [0.717, 1.165) is 6.42 Å². The zero-order valence-electron chi connectivity index (χ0n) is 11.3. The van der Waals surface area contributed by atoms with E-state index in [1.165, 1.54) is 11.9 Å². The molecule has 0 fully saturated rings. The van der Waals surface area contributed by atoms with Gasteiger partial charge >= 0.3 is 0 Å². The maximum atomic E-state index is 13.6. The van der Waals surface area contributed by atoms with Crippen LogP contribution >= 0.6 is 22.3 Å². The third kappa shape index (κ3) is 4.05. The average molecular weight is 360 g/mol. The molecule has 4 nitrogen and oxygen atoms in total. The molecule has 0 unspecified atom stereocenters. The van der Waals surface area contributed by atoms with Crippen LogP contribution in [0.3, 0.4) is 0 Å². The molecule has 1 rings (SSSR count). The number of hydrogen-bond donors (Lipinski definition) is 0. The smallest absolute Gasteiger partial charge is 0.265 e. The summed E-state index contributed by atoms with van der Waals surface area (Å²) in [6.45, 7) is 2.29. The molecule has 0 N–H and O–H groups in total. The Bertz CT molecular complexity index is 665. The second-order valence-corrected chi connectivity index (χ2v) is 7.26. The predicted molar refractivity (Wildman–Crippen MR) is 76.3 cm³/mol. The molecule has 0 atom stereocenters. The van der Waals surface area contributed by atoms with Gasteiger partial charge in [-0.1, -0.05) is 24.9 Å². The van der Waals surface area contributed by atoms with Crippen molar-refractivity contribution >= 4 is 37.2 Å². The van der Waals surface area contributed by atoms with Crippen LogP contribution in [0.15, 0.2) is 11.0 Å². The predicted octanol–water partition coefficient (Wildman–Crippen LogP) is 3.42. The standard InChI is InChI=1S/C12H13Cl2F2NO3S/c1-3-4-5-17(2)12(18)7-6-8(15)10(16)11(9(7)13)21(14,19)20/h6H,3-5H2,1-2H3. The maximum Gasteiger partial charge on any atom is 0.265 e. The Labute approximate surface area is 131 Å². The van der Waals surface area contributed by atoms with E-state index in [2.05, 4.69) is 0 Å². The van der Waals surface area contributed by atoms with Crippen molar-refractivity contribution < 1.29 is 22.0 Å². The van der Waals surface area contributed by atoms with E-state index in [4.69, 9.17) is 22.3 Å². The molecular weight excluding hydrogens is 347 g/mol. The van der Waals surface area contributed by atoms with E-state index in [1.807, 2.05) is 6.92 Å². The Morgan fingerprint density at radius 1 is 1.38 bits per heavy atom. The van der Waals surface area contributed by atoms with Crippen molar-refractivity contribution in [2.45, 2.75) is 24.7 Å². The topological polar surface area (TPSA) is 54.5 Å². The molecule has 0 spiro atoms. The minimum atomic E-state index is -4.63. The van der Waals surface area contributed by atoms with E-state index in [-0.39, 0.29) is 0 Å². The van der Waals surface area contributed by atoms with Crippen molar-refractivity contribution in [3.05, 3.63) is 28.3 Å². The van der Waals surface area contributed by atoms with Gasteiger partial charge in [-0.05, 0) is 12.5 Å². The molecular formula is C12H13Cl2F2NO3S. The number of benzene rings is 1. The van der Waals surface area contributed by atoms with Crippen molar-refractivity contribution in [3.63, 3.8) is 0 Å². The molecule has 0 saturated carbocycles. The third-order valence-corrected chi connectivity index (χ3v) is 4.62.